The Balaban J connectivity index is 2.34. The molecule has 1 fully saturated rings. The molecule has 1 saturated carbocycles. The van der Waals surface area contributed by atoms with Crippen LogP contribution in [0, 0.1) is 29.6 Å². The summed E-state index contributed by atoms with van der Waals surface area (Å²) in [4.78, 5) is 0. The third kappa shape index (κ3) is 2.36. The zero-order valence-electron chi connectivity index (χ0n) is 9.59. The summed E-state index contributed by atoms with van der Waals surface area (Å²) in [6.07, 6.45) is 5.00. The van der Waals surface area contributed by atoms with Gasteiger partial charge in [-0.15, -0.1) is 6.58 Å². The van der Waals surface area contributed by atoms with Gasteiger partial charge < -0.3 is 0 Å². The van der Waals surface area contributed by atoms with E-state index in [9.17, 15) is 0 Å². The van der Waals surface area contributed by atoms with Crippen LogP contribution in [0.4, 0.5) is 0 Å². The van der Waals surface area contributed by atoms with E-state index < -0.39 is 0 Å². The molecule has 0 aromatic rings. The first-order valence-electron chi connectivity index (χ1n) is 5.68. The lowest BCUT2D eigenvalue weighted by Crippen LogP contribution is -2.34. The Morgan fingerprint density at radius 2 is 2.00 bits per heavy atom. The van der Waals surface area contributed by atoms with Crippen molar-refractivity contribution in [1.82, 2.24) is 0 Å². The largest absolute Gasteiger partial charge is 0.103 e. The number of hydrogen-bond donors (Lipinski definition) is 0. The normalized spacial score (nSPS) is 35.6. The van der Waals surface area contributed by atoms with Crippen molar-refractivity contribution in [2.45, 2.75) is 40.5 Å². The molecular weight excluding hydrogens is 156 g/mol. The summed E-state index contributed by atoms with van der Waals surface area (Å²) < 4.78 is 0. The van der Waals surface area contributed by atoms with Crippen molar-refractivity contribution < 1.29 is 0 Å². The van der Waals surface area contributed by atoms with Crippen molar-refractivity contribution in [2.75, 3.05) is 0 Å². The van der Waals surface area contributed by atoms with Gasteiger partial charge in [0.2, 0.25) is 0 Å². The predicted molar refractivity (Wildman–Crippen MR) is 59.6 cm³/mol. The molecule has 0 aliphatic heterocycles. The molecule has 0 saturated heterocycles. The van der Waals surface area contributed by atoms with Crippen molar-refractivity contribution in [2.24, 2.45) is 29.6 Å². The monoisotopic (exact) mass is 180 g/mol. The summed E-state index contributed by atoms with van der Waals surface area (Å²) >= 11 is 0. The van der Waals surface area contributed by atoms with Crippen molar-refractivity contribution in [3.8, 4) is 0 Å². The first-order valence-corrected chi connectivity index (χ1v) is 5.68. The van der Waals surface area contributed by atoms with Crippen LogP contribution in [0.1, 0.15) is 40.5 Å². The molecule has 0 aromatic carbocycles. The lowest BCUT2D eigenvalue weighted by molar-refractivity contribution is 0.0965. The quantitative estimate of drug-likeness (QED) is 0.571. The highest BCUT2D eigenvalue weighted by atomic mass is 14.4. The molecule has 0 nitrogen and oxygen atoms in total. The minimum absolute atomic E-state index is 0.807. The molecule has 1 rings (SSSR count). The Morgan fingerprint density at radius 3 is 2.38 bits per heavy atom. The lowest BCUT2D eigenvalue weighted by Gasteiger charge is -2.43. The smallest absolute Gasteiger partial charge is 0.0182 e. The maximum atomic E-state index is 3.94. The molecule has 4 atom stereocenters. The van der Waals surface area contributed by atoms with Crippen LogP contribution >= 0.6 is 0 Å². The molecule has 0 radical (unpaired) electrons. The summed E-state index contributed by atoms with van der Waals surface area (Å²) in [6.45, 7) is 13.3. The van der Waals surface area contributed by atoms with Gasteiger partial charge in [-0.25, -0.2) is 0 Å². The Labute approximate surface area is 83.4 Å². The summed E-state index contributed by atoms with van der Waals surface area (Å²) in [6, 6.07) is 0. The molecule has 0 N–H and O–H groups in total. The van der Waals surface area contributed by atoms with Gasteiger partial charge in [-0.05, 0) is 42.4 Å². The van der Waals surface area contributed by atoms with Gasteiger partial charge in [-0.3, -0.25) is 0 Å². The molecule has 1 aliphatic rings. The van der Waals surface area contributed by atoms with Gasteiger partial charge in [-0.2, -0.15) is 0 Å². The van der Waals surface area contributed by atoms with E-state index in [4.69, 9.17) is 0 Å². The maximum Gasteiger partial charge on any atom is -0.0182 e. The maximum absolute atomic E-state index is 3.94. The highest BCUT2D eigenvalue weighted by Crippen LogP contribution is 2.44. The highest BCUT2D eigenvalue weighted by molar-refractivity contribution is 4.97. The summed E-state index contributed by atoms with van der Waals surface area (Å²) in [5.74, 6) is 4.34. The Bertz CT molecular complexity index is 169. The van der Waals surface area contributed by atoms with E-state index in [0.717, 1.165) is 29.6 Å². The first kappa shape index (κ1) is 10.8. The van der Waals surface area contributed by atoms with Gasteiger partial charge in [-0.1, -0.05) is 33.8 Å². The van der Waals surface area contributed by atoms with Crippen molar-refractivity contribution in [3.63, 3.8) is 0 Å². The van der Waals surface area contributed by atoms with Gasteiger partial charge in [0.05, 0.1) is 0 Å². The second-order valence-electron chi connectivity index (χ2n) is 5.24. The summed E-state index contributed by atoms with van der Waals surface area (Å²) in [7, 11) is 0. The van der Waals surface area contributed by atoms with Crippen LogP contribution in [0.15, 0.2) is 12.7 Å². The first-order chi connectivity index (χ1) is 6.06. The topological polar surface area (TPSA) is 0 Å². The van der Waals surface area contributed by atoms with Crippen LogP contribution in [0.5, 0.6) is 0 Å². The van der Waals surface area contributed by atoms with E-state index >= 15 is 0 Å². The van der Waals surface area contributed by atoms with E-state index in [1.807, 2.05) is 0 Å². The minimum atomic E-state index is 0.807. The average Bonchev–Trinajstić information content (AvgIpc) is 2.03. The van der Waals surface area contributed by atoms with Crippen molar-refractivity contribution in [3.05, 3.63) is 12.7 Å². The zero-order valence-corrected chi connectivity index (χ0v) is 9.59. The third-order valence-corrected chi connectivity index (χ3v) is 3.96. The molecule has 0 heteroatoms. The molecule has 0 spiro atoms. The fourth-order valence-electron chi connectivity index (χ4n) is 2.49. The fourth-order valence-corrected chi connectivity index (χ4v) is 2.49. The molecule has 0 heterocycles. The predicted octanol–water partition coefficient (Wildman–Crippen LogP) is 4.13. The molecule has 0 bridgehead atoms. The van der Waals surface area contributed by atoms with E-state index in [2.05, 4.69) is 40.3 Å². The van der Waals surface area contributed by atoms with Crippen molar-refractivity contribution >= 4 is 0 Å². The summed E-state index contributed by atoms with van der Waals surface area (Å²) in [5, 5.41) is 0. The van der Waals surface area contributed by atoms with Crippen LogP contribution < -0.4 is 0 Å². The molecule has 4 unspecified atom stereocenters. The van der Waals surface area contributed by atoms with E-state index in [0.29, 0.717) is 0 Å². The zero-order chi connectivity index (χ0) is 10.0. The average molecular weight is 180 g/mol. The van der Waals surface area contributed by atoms with Gasteiger partial charge >= 0.3 is 0 Å². The van der Waals surface area contributed by atoms with Crippen LogP contribution in [0.25, 0.3) is 0 Å². The van der Waals surface area contributed by atoms with Crippen molar-refractivity contribution in [1.29, 1.82) is 0 Å². The van der Waals surface area contributed by atoms with E-state index in [-0.39, 0.29) is 0 Å². The van der Waals surface area contributed by atoms with Gasteiger partial charge in [0.25, 0.3) is 0 Å². The second-order valence-corrected chi connectivity index (χ2v) is 5.24. The number of rotatable bonds is 4. The van der Waals surface area contributed by atoms with Crippen LogP contribution in [0.2, 0.25) is 0 Å². The number of allylic oxidation sites excluding steroid dienone is 1. The van der Waals surface area contributed by atoms with Gasteiger partial charge in [0, 0.05) is 0 Å². The fraction of sp³-hybridized carbons (Fsp3) is 0.846. The Morgan fingerprint density at radius 1 is 1.38 bits per heavy atom. The molecule has 1 aliphatic carbocycles. The van der Waals surface area contributed by atoms with Crippen LogP contribution in [0.3, 0.4) is 0 Å². The van der Waals surface area contributed by atoms with Crippen LogP contribution in [-0.2, 0) is 0 Å². The van der Waals surface area contributed by atoms with Gasteiger partial charge in [0.15, 0.2) is 0 Å². The Kier molecular flexibility index (Phi) is 3.58. The van der Waals surface area contributed by atoms with Gasteiger partial charge in [0.1, 0.15) is 0 Å². The lowest BCUT2D eigenvalue weighted by atomic mass is 9.62. The molecular formula is C13H24. The van der Waals surface area contributed by atoms with E-state index in [1.54, 1.807) is 0 Å². The minimum Gasteiger partial charge on any atom is -0.103 e. The second kappa shape index (κ2) is 4.30. The summed E-state index contributed by atoms with van der Waals surface area (Å²) in [5.41, 5.74) is 0. The van der Waals surface area contributed by atoms with Crippen LogP contribution in [-0.4, -0.2) is 0 Å². The standard InChI is InChI=1S/C13H24/c1-6-13-11(5)8-12(13)7-10(4)9(2)3/h6,9-13H,1,7-8H2,2-5H3. The molecule has 76 valence electrons. The Hall–Kier alpha value is -0.260. The highest BCUT2D eigenvalue weighted by Gasteiger charge is 2.36. The molecule has 0 amide bonds. The SMILES string of the molecule is C=CC1C(C)CC1CC(C)C(C)C. The molecule has 13 heavy (non-hydrogen) atoms. The number of hydrogen-bond acceptors (Lipinski definition) is 0. The molecule has 0 aromatic heterocycles. The third-order valence-electron chi connectivity index (χ3n) is 3.96. The van der Waals surface area contributed by atoms with E-state index in [1.165, 1.54) is 12.8 Å².